The Bertz CT molecular complexity index is 585. The van der Waals surface area contributed by atoms with Gasteiger partial charge in [-0.25, -0.2) is 9.59 Å². The topological polar surface area (TPSA) is 60.9 Å². The van der Waals surface area contributed by atoms with Crippen LogP contribution in [-0.2, 0) is 6.42 Å². The molecular formula is C16H20N2O3. The van der Waals surface area contributed by atoms with E-state index in [0.717, 1.165) is 37.2 Å². The van der Waals surface area contributed by atoms with Crippen LogP contribution in [0.3, 0.4) is 0 Å². The highest BCUT2D eigenvalue weighted by Gasteiger charge is 2.30. The maximum atomic E-state index is 12.7. The summed E-state index contributed by atoms with van der Waals surface area (Å²) in [6.07, 6.45) is 3.01. The maximum absolute atomic E-state index is 12.7. The molecule has 0 spiro atoms. The van der Waals surface area contributed by atoms with Crippen LogP contribution in [-0.4, -0.2) is 41.6 Å². The number of anilines is 1. The number of urea groups is 1. The number of carboxylic acids is 1. The van der Waals surface area contributed by atoms with E-state index in [1.165, 1.54) is 6.42 Å². The number of piperidine rings is 1. The average molecular weight is 288 g/mol. The van der Waals surface area contributed by atoms with Gasteiger partial charge in [0.15, 0.2) is 0 Å². The molecule has 1 unspecified atom stereocenters. The molecule has 0 aromatic heterocycles. The van der Waals surface area contributed by atoms with Crippen LogP contribution >= 0.6 is 0 Å². The molecule has 2 aliphatic rings. The highest BCUT2D eigenvalue weighted by atomic mass is 16.4. The summed E-state index contributed by atoms with van der Waals surface area (Å²) < 4.78 is 0. The van der Waals surface area contributed by atoms with Gasteiger partial charge in [-0.15, -0.1) is 0 Å². The molecule has 1 saturated heterocycles. The molecule has 0 bridgehead atoms. The first-order chi connectivity index (χ1) is 10.1. The molecule has 5 nitrogen and oxygen atoms in total. The Morgan fingerprint density at radius 2 is 2.10 bits per heavy atom. The van der Waals surface area contributed by atoms with E-state index in [2.05, 4.69) is 6.92 Å². The summed E-state index contributed by atoms with van der Waals surface area (Å²) in [4.78, 5) is 27.4. The van der Waals surface area contributed by atoms with E-state index in [4.69, 9.17) is 5.11 Å². The maximum Gasteiger partial charge on any atom is 0.335 e. The minimum atomic E-state index is -0.955. The van der Waals surface area contributed by atoms with Gasteiger partial charge < -0.3 is 10.0 Å². The van der Waals surface area contributed by atoms with Crippen molar-refractivity contribution in [2.24, 2.45) is 5.92 Å². The zero-order chi connectivity index (χ0) is 15.0. The van der Waals surface area contributed by atoms with Crippen LogP contribution in [0.25, 0.3) is 0 Å². The van der Waals surface area contributed by atoms with E-state index in [-0.39, 0.29) is 11.6 Å². The lowest BCUT2D eigenvalue weighted by molar-refractivity contribution is 0.0697. The molecule has 0 saturated carbocycles. The molecule has 5 heteroatoms. The molecule has 2 heterocycles. The molecule has 0 radical (unpaired) electrons. The second-order valence-corrected chi connectivity index (χ2v) is 6.03. The Balaban J connectivity index is 1.84. The summed E-state index contributed by atoms with van der Waals surface area (Å²) in [7, 11) is 0. The van der Waals surface area contributed by atoms with Crippen molar-refractivity contribution in [2.75, 3.05) is 24.5 Å². The Morgan fingerprint density at radius 1 is 1.29 bits per heavy atom. The second-order valence-electron chi connectivity index (χ2n) is 6.03. The average Bonchev–Trinajstić information content (AvgIpc) is 2.89. The van der Waals surface area contributed by atoms with Gasteiger partial charge in [0.05, 0.1) is 5.56 Å². The second kappa shape index (κ2) is 5.39. The van der Waals surface area contributed by atoms with Crippen LogP contribution in [0.2, 0.25) is 0 Å². The predicted molar refractivity (Wildman–Crippen MR) is 79.8 cm³/mol. The molecule has 2 amide bonds. The third kappa shape index (κ3) is 2.60. The fourth-order valence-corrected chi connectivity index (χ4v) is 3.24. The summed E-state index contributed by atoms with van der Waals surface area (Å²) in [5.74, 6) is -0.418. The highest BCUT2D eigenvalue weighted by molar-refractivity contribution is 5.97. The molecule has 1 aromatic rings. The summed E-state index contributed by atoms with van der Waals surface area (Å²) in [5, 5.41) is 9.11. The first-order valence-electron chi connectivity index (χ1n) is 7.49. The molecule has 112 valence electrons. The lowest BCUT2D eigenvalue weighted by Crippen LogP contribution is -2.46. The summed E-state index contributed by atoms with van der Waals surface area (Å²) in [5.41, 5.74) is 2.05. The standard InChI is InChI=1S/C16H20N2O3/c1-11-3-2-7-17(10-11)16(21)18-8-6-12-4-5-13(15(19)20)9-14(12)18/h4-5,9,11H,2-3,6-8,10H2,1H3,(H,19,20). The van der Waals surface area contributed by atoms with Crippen molar-refractivity contribution in [2.45, 2.75) is 26.2 Å². The molecule has 3 rings (SSSR count). The lowest BCUT2D eigenvalue weighted by atomic mass is 10.0. The number of carbonyl (C=O) groups is 2. The number of carboxylic acid groups (broad SMARTS) is 1. The van der Waals surface area contributed by atoms with Crippen molar-refractivity contribution in [3.05, 3.63) is 29.3 Å². The SMILES string of the molecule is CC1CCCN(C(=O)N2CCc3ccc(C(=O)O)cc32)C1. The van der Waals surface area contributed by atoms with Crippen molar-refractivity contribution >= 4 is 17.7 Å². The van der Waals surface area contributed by atoms with Gasteiger partial charge in [0.2, 0.25) is 0 Å². The Morgan fingerprint density at radius 3 is 2.81 bits per heavy atom. The van der Waals surface area contributed by atoms with Gasteiger partial charge in [-0.05, 0) is 42.9 Å². The van der Waals surface area contributed by atoms with E-state index in [9.17, 15) is 9.59 Å². The summed E-state index contributed by atoms with van der Waals surface area (Å²) >= 11 is 0. The minimum absolute atomic E-state index is 0.0165. The number of amides is 2. The number of hydrogen-bond donors (Lipinski definition) is 1. The third-order valence-corrected chi connectivity index (χ3v) is 4.39. The van der Waals surface area contributed by atoms with Crippen molar-refractivity contribution < 1.29 is 14.7 Å². The number of fused-ring (bicyclic) bond motifs is 1. The van der Waals surface area contributed by atoms with Gasteiger partial charge in [-0.2, -0.15) is 0 Å². The van der Waals surface area contributed by atoms with Gasteiger partial charge in [-0.3, -0.25) is 4.90 Å². The monoisotopic (exact) mass is 288 g/mol. The smallest absolute Gasteiger partial charge is 0.335 e. The van der Waals surface area contributed by atoms with Crippen LogP contribution in [0.15, 0.2) is 18.2 Å². The Kier molecular flexibility index (Phi) is 3.57. The molecule has 1 aromatic carbocycles. The third-order valence-electron chi connectivity index (χ3n) is 4.39. The zero-order valence-corrected chi connectivity index (χ0v) is 12.2. The zero-order valence-electron chi connectivity index (χ0n) is 12.2. The lowest BCUT2D eigenvalue weighted by Gasteiger charge is -2.34. The van der Waals surface area contributed by atoms with Crippen LogP contribution < -0.4 is 4.90 Å². The Labute approximate surface area is 124 Å². The summed E-state index contributed by atoms with van der Waals surface area (Å²) in [6, 6.07) is 5.07. The fourth-order valence-electron chi connectivity index (χ4n) is 3.24. The first-order valence-corrected chi connectivity index (χ1v) is 7.49. The molecule has 21 heavy (non-hydrogen) atoms. The predicted octanol–water partition coefficient (Wildman–Crippen LogP) is 2.60. The molecule has 1 N–H and O–H groups in total. The van der Waals surface area contributed by atoms with E-state index >= 15 is 0 Å². The van der Waals surface area contributed by atoms with Gasteiger partial charge in [0.25, 0.3) is 0 Å². The number of carbonyl (C=O) groups excluding carboxylic acids is 1. The van der Waals surface area contributed by atoms with Crippen LogP contribution in [0.1, 0.15) is 35.7 Å². The number of rotatable bonds is 1. The molecule has 0 aliphatic carbocycles. The minimum Gasteiger partial charge on any atom is -0.478 e. The van der Waals surface area contributed by atoms with Crippen molar-refractivity contribution in [1.29, 1.82) is 0 Å². The van der Waals surface area contributed by atoms with Crippen molar-refractivity contribution in [3.63, 3.8) is 0 Å². The van der Waals surface area contributed by atoms with Crippen molar-refractivity contribution in [3.8, 4) is 0 Å². The number of hydrogen-bond acceptors (Lipinski definition) is 2. The number of aromatic carboxylic acids is 1. The molecular weight excluding hydrogens is 268 g/mol. The number of nitrogens with zero attached hydrogens (tertiary/aromatic N) is 2. The summed E-state index contributed by atoms with van der Waals surface area (Å²) in [6.45, 7) is 4.40. The fraction of sp³-hybridized carbons (Fsp3) is 0.500. The van der Waals surface area contributed by atoms with Gasteiger partial charge >= 0.3 is 12.0 Å². The molecule has 1 fully saturated rings. The highest BCUT2D eigenvalue weighted by Crippen LogP contribution is 2.31. The van der Waals surface area contributed by atoms with E-state index in [1.54, 1.807) is 17.0 Å². The molecule has 1 atom stereocenters. The van der Waals surface area contributed by atoms with E-state index < -0.39 is 5.97 Å². The van der Waals surface area contributed by atoms with Crippen LogP contribution in [0.5, 0.6) is 0 Å². The van der Waals surface area contributed by atoms with E-state index in [1.807, 2.05) is 11.0 Å². The van der Waals surface area contributed by atoms with Crippen LogP contribution in [0.4, 0.5) is 10.5 Å². The van der Waals surface area contributed by atoms with Gasteiger partial charge in [-0.1, -0.05) is 13.0 Å². The van der Waals surface area contributed by atoms with E-state index in [0.29, 0.717) is 12.5 Å². The van der Waals surface area contributed by atoms with Gasteiger partial charge in [0, 0.05) is 25.3 Å². The molecule has 2 aliphatic heterocycles. The van der Waals surface area contributed by atoms with Gasteiger partial charge in [0.1, 0.15) is 0 Å². The van der Waals surface area contributed by atoms with Crippen molar-refractivity contribution in [1.82, 2.24) is 4.90 Å². The number of likely N-dealkylation sites (tertiary alicyclic amines) is 1. The quantitative estimate of drug-likeness (QED) is 0.864. The largest absolute Gasteiger partial charge is 0.478 e. The number of benzene rings is 1. The Hall–Kier alpha value is -2.04. The van der Waals surface area contributed by atoms with Crippen LogP contribution in [0, 0.1) is 5.92 Å². The normalized spacial score (nSPS) is 21.3. The first kappa shape index (κ1) is 13.9.